The molecular weight excluding hydrogens is 222 g/mol. The number of aryl methyl sites for hydroxylation is 1. The Balaban J connectivity index is 2.40. The number of aromatic amines is 1. The predicted molar refractivity (Wildman–Crippen MR) is 66.5 cm³/mol. The first-order chi connectivity index (χ1) is 7.70. The standard InChI is InChI=1S/C12H14ClN3/c1-8-12(16-11(15-8)7-14-2)9-4-3-5-10(13)6-9/h3-6,14H,7H2,1-2H3,(H,15,16). The molecule has 0 aliphatic heterocycles. The normalized spacial score (nSPS) is 10.7. The van der Waals surface area contributed by atoms with Crippen LogP contribution in [0, 0.1) is 6.92 Å². The van der Waals surface area contributed by atoms with Gasteiger partial charge in [0.25, 0.3) is 0 Å². The van der Waals surface area contributed by atoms with Crippen molar-refractivity contribution >= 4 is 11.6 Å². The van der Waals surface area contributed by atoms with Crippen LogP contribution in [0.15, 0.2) is 24.3 Å². The third-order valence-electron chi connectivity index (χ3n) is 2.38. The second-order valence-corrected chi connectivity index (χ2v) is 4.13. The summed E-state index contributed by atoms with van der Waals surface area (Å²) in [7, 11) is 1.90. The van der Waals surface area contributed by atoms with E-state index in [1.807, 2.05) is 38.2 Å². The van der Waals surface area contributed by atoms with Crippen molar-refractivity contribution in [3.63, 3.8) is 0 Å². The molecule has 1 aromatic carbocycles. The molecule has 0 saturated heterocycles. The molecule has 0 aliphatic rings. The van der Waals surface area contributed by atoms with Gasteiger partial charge in [-0.25, -0.2) is 4.98 Å². The van der Waals surface area contributed by atoms with Crippen LogP contribution >= 0.6 is 11.6 Å². The number of halogens is 1. The number of hydrogen-bond acceptors (Lipinski definition) is 2. The summed E-state index contributed by atoms with van der Waals surface area (Å²) in [5, 5.41) is 3.80. The number of nitrogens with zero attached hydrogens (tertiary/aromatic N) is 1. The molecule has 0 saturated carbocycles. The van der Waals surface area contributed by atoms with Crippen molar-refractivity contribution in [1.29, 1.82) is 0 Å². The van der Waals surface area contributed by atoms with Gasteiger partial charge in [-0.1, -0.05) is 23.7 Å². The molecule has 0 spiro atoms. The summed E-state index contributed by atoms with van der Waals surface area (Å²) in [5.41, 5.74) is 3.07. The highest BCUT2D eigenvalue weighted by Gasteiger charge is 2.08. The van der Waals surface area contributed by atoms with Crippen LogP contribution in [0.3, 0.4) is 0 Å². The molecule has 0 fully saturated rings. The molecule has 4 heteroatoms. The van der Waals surface area contributed by atoms with E-state index in [1.54, 1.807) is 0 Å². The van der Waals surface area contributed by atoms with Crippen molar-refractivity contribution in [1.82, 2.24) is 15.3 Å². The smallest absolute Gasteiger partial charge is 0.121 e. The lowest BCUT2D eigenvalue weighted by Crippen LogP contribution is -2.06. The maximum Gasteiger partial charge on any atom is 0.121 e. The summed E-state index contributed by atoms with van der Waals surface area (Å²) < 4.78 is 0. The minimum absolute atomic E-state index is 0.732. The van der Waals surface area contributed by atoms with E-state index >= 15 is 0 Å². The Hall–Kier alpha value is -1.32. The van der Waals surface area contributed by atoms with Crippen molar-refractivity contribution in [3.8, 4) is 11.3 Å². The minimum Gasteiger partial charge on any atom is -0.344 e. The average molecular weight is 236 g/mol. The van der Waals surface area contributed by atoms with Crippen molar-refractivity contribution < 1.29 is 0 Å². The summed E-state index contributed by atoms with van der Waals surface area (Å²) in [6.45, 7) is 2.75. The van der Waals surface area contributed by atoms with Gasteiger partial charge < -0.3 is 10.3 Å². The highest BCUT2D eigenvalue weighted by atomic mass is 35.5. The molecule has 16 heavy (non-hydrogen) atoms. The first-order valence-corrected chi connectivity index (χ1v) is 5.54. The molecule has 2 aromatic rings. The van der Waals surface area contributed by atoms with Crippen LogP contribution in [-0.4, -0.2) is 17.0 Å². The van der Waals surface area contributed by atoms with Crippen molar-refractivity contribution in [2.24, 2.45) is 0 Å². The van der Waals surface area contributed by atoms with E-state index in [-0.39, 0.29) is 0 Å². The van der Waals surface area contributed by atoms with Crippen molar-refractivity contribution in [2.45, 2.75) is 13.5 Å². The number of benzene rings is 1. The Kier molecular flexibility index (Phi) is 3.27. The number of H-pyrrole nitrogens is 1. The number of hydrogen-bond donors (Lipinski definition) is 2. The lowest BCUT2D eigenvalue weighted by molar-refractivity contribution is 0.770. The van der Waals surface area contributed by atoms with Gasteiger partial charge in [-0.2, -0.15) is 0 Å². The molecule has 2 N–H and O–H groups in total. The predicted octanol–water partition coefficient (Wildman–Crippen LogP) is 2.76. The maximum absolute atomic E-state index is 5.96. The Morgan fingerprint density at radius 3 is 2.94 bits per heavy atom. The van der Waals surface area contributed by atoms with Crippen LogP contribution in [-0.2, 0) is 6.54 Å². The molecule has 84 valence electrons. The van der Waals surface area contributed by atoms with Gasteiger partial charge in [0.05, 0.1) is 12.2 Å². The van der Waals surface area contributed by atoms with E-state index < -0.39 is 0 Å². The third kappa shape index (κ3) is 2.26. The molecule has 1 heterocycles. The van der Waals surface area contributed by atoms with Crippen molar-refractivity contribution in [2.75, 3.05) is 7.05 Å². The number of rotatable bonds is 3. The molecule has 0 bridgehead atoms. The van der Waals surface area contributed by atoms with Gasteiger partial charge in [0.2, 0.25) is 0 Å². The first kappa shape index (κ1) is 11.2. The fourth-order valence-electron chi connectivity index (χ4n) is 1.69. The van der Waals surface area contributed by atoms with E-state index in [9.17, 15) is 0 Å². The summed E-state index contributed by atoms with van der Waals surface area (Å²) in [5.74, 6) is 0.940. The Morgan fingerprint density at radius 1 is 1.44 bits per heavy atom. The third-order valence-corrected chi connectivity index (χ3v) is 2.61. The molecule has 1 aromatic heterocycles. The van der Waals surface area contributed by atoms with E-state index in [0.29, 0.717) is 0 Å². The maximum atomic E-state index is 5.96. The highest BCUT2D eigenvalue weighted by Crippen LogP contribution is 2.23. The zero-order valence-corrected chi connectivity index (χ0v) is 10.1. The van der Waals surface area contributed by atoms with Gasteiger partial charge in [-0.3, -0.25) is 0 Å². The molecule has 2 rings (SSSR count). The second-order valence-electron chi connectivity index (χ2n) is 3.70. The van der Waals surface area contributed by atoms with Crippen LogP contribution in [0.2, 0.25) is 5.02 Å². The lowest BCUT2D eigenvalue weighted by atomic mass is 10.1. The average Bonchev–Trinajstić information content (AvgIpc) is 2.60. The summed E-state index contributed by atoms with van der Waals surface area (Å²) in [6.07, 6.45) is 0. The van der Waals surface area contributed by atoms with Gasteiger partial charge in [-0.05, 0) is 26.1 Å². The van der Waals surface area contributed by atoms with Crippen LogP contribution in [0.4, 0.5) is 0 Å². The van der Waals surface area contributed by atoms with Gasteiger partial charge >= 0.3 is 0 Å². The molecular formula is C12H14ClN3. The van der Waals surface area contributed by atoms with Crippen LogP contribution in [0.25, 0.3) is 11.3 Å². The fraction of sp³-hybridized carbons (Fsp3) is 0.250. The van der Waals surface area contributed by atoms with Crippen molar-refractivity contribution in [3.05, 3.63) is 40.8 Å². The van der Waals surface area contributed by atoms with Crippen LogP contribution in [0.1, 0.15) is 11.5 Å². The van der Waals surface area contributed by atoms with E-state index in [2.05, 4.69) is 15.3 Å². The number of aromatic nitrogens is 2. The summed E-state index contributed by atoms with van der Waals surface area (Å²) >= 11 is 5.96. The van der Waals surface area contributed by atoms with E-state index in [4.69, 9.17) is 11.6 Å². The van der Waals surface area contributed by atoms with Gasteiger partial charge in [0, 0.05) is 16.3 Å². The summed E-state index contributed by atoms with van der Waals surface area (Å²) in [4.78, 5) is 7.78. The molecule has 0 amide bonds. The quantitative estimate of drug-likeness (QED) is 0.859. The largest absolute Gasteiger partial charge is 0.344 e. The first-order valence-electron chi connectivity index (χ1n) is 5.16. The van der Waals surface area contributed by atoms with Crippen LogP contribution < -0.4 is 5.32 Å². The number of imidazole rings is 1. The molecule has 0 unspecified atom stereocenters. The zero-order chi connectivity index (χ0) is 11.5. The Bertz CT molecular complexity index is 491. The van der Waals surface area contributed by atoms with Crippen LogP contribution in [0.5, 0.6) is 0 Å². The molecule has 3 nitrogen and oxygen atoms in total. The topological polar surface area (TPSA) is 40.7 Å². The fourth-order valence-corrected chi connectivity index (χ4v) is 1.88. The Morgan fingerprint density at radius 2 is 2.25 bits per heavy atom. The second kappa shape index (κ2) is 4.68. The monoisotopic (exact) mass is 235 g/mol. The minimum atomic E-state index is 0.732. The van der Waals surface area contributed by atoms with Gasteiger partial charge in [-0.15, -0.1) is 0 Å². The number of nitrogens with one attached hydrogen (secondary N) is 2. The SMILES string of the molecule is CNCc1nc(-c2cccc(Cl)c2)c(C)[nH]1. The highest BCUT2D eigenvalue weighted by molar-refractivity contribution is 6.30. The molecule has 0 aliphatic carbocycles. The van der Waals surface area contributed by atoms with Gasteiger partial charge in [0.1, 0.15) is 5.82 Å². The molecule has 0 radical (unpaired) electrons. The zero-order valence-electron chi connectivity index (χ0n) is 9.34. The molecule has 0 atom stereocenters. The summed E-state index contributed by atoms with van der Waals surface area (Å²) in [6, 6.07) is 7.73. The van der Waals surface area contributed by atoms with E-state index in [1.165, 1.54) is 0 Å². The lowest BCUT2D eigenvalue weighted by Gasteiger charge is -1.98. The Labute approximate surface area is 99.9 Å². The van der Waals surface area contributed by atoms with Gasteiger partial charge in [0.15, 0.2) is 0 Å². The van der Waals surface area contributed by atoms with E-state index in [0.717, 1.165) is 34.3 Å².